The van der Waals surface area contributed by atoms with Crippen LogP contribution in [0.3, 0.4) is 0 Å². The van der Waals surface area contributed by atoms with Gasteiger partial charge in [-0.25, -0.2) is 13.1 Å². The van der Waals surface area contributed by atoms with Crippen LogP contribution >= 0.6 is 0 Å². The van der Waals surface area contributed by atoms with E-state index in [1.807, 2.05) is 66.7 Å². The topological polar surface area (TPSA) is 77.4 Å². The molecule has 1 aromatic heterocycles. The van der Waals surface area contributed by atoms with E-state index in [1.165, 1.54) is 0 Å². The number of carbonyl (C=O) groups excluding carboxylic acids is 1. The summed E-state index contributed by atoms with van der Waals surface area (Å²) >= 11 is 0. The molecule has 0 fully saturated rings. The summed E-state index contributed by atoms with van der Waals surface area (Å²) in [5.74, 6) is 0.206. The number of nitrogens with zero attached hydrogens (tertiary/aromatic N) is 1. The Labute approximate surface area is 181 Å². The van der Waals surface area contributed by atoms with Gasteiger partial charge < -0.3 is 9.30 Å². The number of hydrogen-bond acceptors (Lipinski definition) is 4. The van der Waals surface area contributed by atoms with Crippen LogP contribution in [0.5, 0.6) is 5.75 Å². The Bertz CT molecular complexity index is 1370. The molecule has 0 unspecified atom stereocenters. The van der Waals surface area contributed by atoms with Gasteiger partial charge in [-0.1, -0.05) is 54.6 Å². The molecule has 1 N–H and O–H groups in total. The van der Waals surface area contributed by atoms with Crippen molar-refractivity contribution < 1.29 is 17.9 Å². The second-order valence-corrected chi connectivity index (χ2v) is 9.28. The summed E-state index contributed by atoms with van der Waals surface area (Å²) in [5.41, 5.74) is 2.06. The molecule has 4 rings (SSSR count). The molecule has 0 aliphatic rings. The number of ether oxygens (including phenoxy) is 1. The highest BCUT2D eigenvalue weighted by atomic mass is 32.2. The van der Waals surface area contributed by atoms with Gasteiger partial charge in [0, 0.05) is 23.3 Å². The third kappa shape index (κ3) is 4.41. The quantitative estimate of drug-likeness (QED) is 0.444. The van der Waals surface area contributed by atoms with E-state index in [0.29, 0.717) is 25.1 Å². The Morgan fingerprint density at radius 3 is 2.42 bits per heavy atom. The van der Waals surface area contributed by atoms with Gasteiger partial charge >= 0.3 is 0 Å². The van der Waals surface area contributed by atoms with Crippen molar-refractivity contribution in [1.82, 2.24) is 9.29 Å². The minimum Gasteiger partial charge on any atom is -0.493 e. The Kier molecular flexibility index (Phi) is 5.69. The molecule has 0 atom stereocenters. The predicted octanol–water partition coefficient (Wildman–Crippen LogP) is 4.03. The number of carbonyl (C=O) groups is 1. The van der Waals surface area contributed by atoms with Gasteiger partial charge in [0.15, 0.2) is 0 Å². The molecule has 1 amide bonds. The van der Waals surface area contributed by atoms with Gasteiger partial charge in [-0.3, -0.25) is 4.79 Å². The first-order valence-electron chi connectivity index (χ1n) is 10.0. The van der Waals surface area contributed by atoms with E-state index >= 15 is 0 Å². The molecule has 0 saturated carbocycles. The van der Waals surface area contributed by atoms with E-state index in [-0.39, 0.29) is 0 Å². The van der Waals surface area contributed by atoms with Crippen molar-refractivity contribution in [3.63, 3.8) is 0 Å². The van der Waals surface area contributed by atoms with Crippen LogP contribution in [0.2, 0.25) is 0 Å². The number of hydrogen-bond donors (Lipinski definition) is 1. The Balaban J connectivity index is 1.56. The molecule has 0 aliphatic carbocycles. The fraction of sp³-hybridized carbons (Fsp3) is 0.208. The first kappa shape index (κ1) is 20.9. The summed E-state index contributed by atoms with van der Waals surface area (Å²) in [7, 11) is -1.89. The molecular formula is C24H24N2O4S. The van der Waals surface area contributed by atoms with Crippen molar-refractivity contribution >= 4 is 37.6 Å². The van der Waals surface area contributed by atoms with Gasteiger partial charge in [0.2, 0.25) is 10.0 Å². The number of rotatable bonds is 7. The van der Waals surface area contributed by atoms with Crippen LogP contribution in [0.25, 0.3) is 21.7 Å². The molecule has 0 spiro atoms. The number of aryl methyl sites for hydroxylation is 2. The lowest BCUT2D eigenvalue weighted by Crippen LogP contribution is -2.31. The number of benzene rings is 3. The zero-order chi connectivity index (χ0) is 22.0. The molecule has 4 aromatic rings. The predicted molar refractivity (Wildman–Crippen MR) is 123 cm³/mol. The lowest BCUT2D eigenvalue weighted by atomic mass is 10.1. The van der Waals surface area contributed by atoms with Crippen molar-refractivity contribution in [2.24, 2.45) is 7.05 Å². The van der Waals surface area contributed by atoms with Crippen LogP contribution in [-0.4, -0.2) is 31.8 Å². The fourth-order valence-corrected chi connectivity index (χ4v) is 4.42. The molecule has 31 heavy (non-hydrogen) atoms. The van der Waals surface area contributed by atoms with Crippen LogP contribution in [-0.2, 0) is 23.5 Å². The zero-order valence-electron chi connectivity index (χ0n) is 17.5. The highest BCUT2D eigenvalue weighted by Gasteiger charge is 2.22. The molecule has 6 nitrogen and oxygen atoms in total. The maximum atomic E-state index is 12.7. The Morgan fingerprint density at radius 1 is 0.968 bits per heavy atom. The fourth-order valence-electron chi connectivity index (χ4n) is 3.98. The van der Waals surface area contributed by atoms with E-state index in [1.54, 1.807) is 11.6 Å². The first-order valence-corrected chi connectivity index (χ1v) is 11.9. The minimum atomic E-state index is -3.66. The standard InChI is InChI=1S/C24H24N2O4S/c1-26-21-14-6-5-12-19(21)20(23(26)24(27)25-31(2,28)29)13-8-16-30-22-15-7-10-17-9-3-4-11-18(17)22/h3-7,9-12,14-15H,8,13,16H2,1-2H3,(H,25,27). The number of amides is 1. The Hall–Kier alpha value is -3.32. The maximum Gasteiger partial charge on any atom is 0.281 e. The second kappa shape index (κ2) is 8.43. The highest BCUT2D eigenvalue weighted by Crippen LogP contribution is 2.28. The molecule has 0 bridgehead atoms. The van der Waals surface area contributed by atoms with Crippen LogP contribution in [0.15, 0.2) is 66.7 Å². The minimum absolute atomic E-state index is 0.358. The van der Waals surface area contributed by atoms with Crippen molar-refractivity contribution in [3.05, 3.63) is 78.0 Å². The highest BCUT2D eigenvalue weighted by molar-refractivity contribution is 7.89. The lowest BCUT2D eigenvalue weighted by molar-refractivity contribution is 0.0973. The van der Waals surface area contributed by atoms with Crippen molar-refractivity contribution in [3.8, 4) is 5.75 Å². The van der Waals surface area contributed by atoms with Crippen LogP contribution in [0.4, 0.5) is 0 Å². The van der Waals surface area contributed by atoms with Gasteiger partial charge in [0.05, 0.1) is 12.9 Å². The third-order valence-corrected chi connectivity index (χ3v) is 5.84. The van der Waals surface area contributed by atoms with Crippen LogP contribution < -0.4 is 9.46 Å². The average Bonchev–Trinajstić information content (AvgIpc) is 3.02. The largest absolute Gasteiger partial charge is 0.493 e. The molecule has 1 heterocycles. The number of nitrogens with one attached hydrogen (secondary N) is 1. The number of para-hydroxylation sites is 1. The normalized spacial score (nSPS) is 11.7. The zero-order valence-corrected chi connectivity index (χ0v) is 18.3. The smallest absolute Gasteiger partial charge is 0.281 e. The van der Waals surface area contributed by atoms with E-state index in [9.17, 15) is 13.2 Å². The van der Waals surface area contributed by atoms with E-state index in [0.717, 1.165) is 39.2 Å². The first-order chi connectivity index (χ1) is 14.8. The number of aromatic nitrogens is 1. The van der Waals surface area contributed by atoms with Gasteiger partial charge in [0.1, 0.15) is 11.4 Å². The van der Waals surface area contributed by atoms with E-state index in [4.69, 9.17) is 4.74 Å². The summed E-state index contributed by atoms with van der Waals surface area (Å²) in [6.07, 6.45) is 2.24. The third-order valence-electron chi connectivity index (χ3n) is 5.28. The van der Waals surface area contributed by atoms with Crippen LogP contribution in [0, 0.1) is 0 Å². The summed E-state index contributed by atoms with van der Waals surface area (Å²) in [4.78, 5) is 12.7. The van der Waals surface area contributed by atoms with Crippen LogP contribution in [0.1, 0.15) is 22.5 Å². The molecule has 3 aromatic carbocycles. The van der Waals surface area contributed by atoms with Gasteiger partial charge in [-0.15, -0.1) is 0 Å². The molecule has 0 saturated heterocycles. The van der Waals surface area contributed by atoms with Crippen molar-refractivity contribution in [2.75, 3.05) is 12.9 Å². The number of sulfonamides is 1. The maximum absolute atomic E-state index is 12.7. The van der Waals surface area contributed by atoms with E-state index < -0.39 is 15.9 Å². The monoisotopic (exact) mass is 436 g/mol. The molecule has 0 aliphatic heterocycles. The SMILES string of the molecule is Cn1c(C(=O)NS(C)(=O)=O)c(CCCOc2cccc3ccccc23)c2ccccc21. The average molecular weight is 437 g/mol. The summed E-state index contributed by atoms with van der Waals surface area (Å²) < 4.78 is 33.1. The van der Waals surface area contributed by atoms with Crippen molar-refractivity contribution in [2.45, 2.75) is 12.8 Å². The summed E-state index contributed by atoms with van der Waals surface area (Å²) in [5, 5.41) is 3.12. The van der Waals surface area contributed by atoms with E-state index in [2.05, 4.69) is 4.72 Å². The summed E-state index contributed by atoms with van der Waals surface area (Å²) in [6, 6.07) is 21.7. The summed E-state index contributed by atoms with van der Waals surface area (Å²) in [6.45, 7) is 0.477. The molecule has 0 radical (unpaired) electrons. The Morgan fingerprint density at radius 2 is 1.65 bits per heavy atom. The molecular weight excluding hydrogens is 412 g/mol. The molecule has 160 valence electrons. The molecule has 7 heteroatoms. The van der Waals surface area contributed by atoms with Gasteiger partial charge in [-0.2, -0.15) is 0 Å². The second-order valence-electron chi connectivity index (χ2n) is 7.54. The lowest BCUT2D eigenvalue weighted by Gasteiger charge is -2.10. The number of fused-ring (bicyclic) bond motifs is 2. The van der Waals surface area contributed by atoms with Crippen molar-refractivity contribution in [1.29, 1.82) is 0 Å². The van der Waals surface area contributed by atoms with Gasteiger partial charge in [-0.05, 0) is 35.9 Å². The van der Waals surface area contributed by atoms with Gasteiger partial charge in [0.25, 0.3) is 5.91 Å².